The Hall–Kier alpha value is -2.04. The Morgan fingerprint density at radius 1 is 1.42 bits per heavy atom. The van der Waals surface area contributed by atoms with E-state index in [2.05, 4.69) is 4.98 Å². The second kappa shape index (κ2) is 6.22. The van der Waals surface area contributed by atoms with E-state index in [1.807, 2.05) is 4.90 Å². The molecule has 0 bridgehead atoms. The molecule has 1 amide bonds. The molecule has 5 nitrogen and oxygen atoms in total. The van der Waals surface area contributed by atoms with Gasteiger partial charge in [-0.05, 0) is 25.3 Å². The fraction of sp³-hybridized carbons (Fsp3) is 0.429. The molecule has 0 unspecified atom stereocenters. The summed E-state index contributed by atoms with van der Waals surface area (Å²) in [5, 5.41) is 9.73. The van der Waals surface area contributed by atoms with E-state index < -0.39 is 0 Å². The van der Waals surface area contributed by atoms with Gasteiger partial charge < -0.3 is 14.7 Å². The lowest BCUT2D eigenvalue weighted by molar-refractivity contribution is -0.126. The molecule has 0 atom stereocenters. The number of nitrogens with zero attached hydrogens (tertiary/aromatic N) is 2. The Kier molecular flexibility index (Phi) is 4.39. The summed E-state index contributed by atoms with van der Waals surface area (Å²) < 4.78 is 4.95. The van der Waals surface area contributed by atoms with Crippen LogP contribution in [0.1, 0.15) is 25.0 Å². The van der Waals surface area contributed by atoms with Gasteiger partial charge in [-0.25, -0.2) is 4.98 Å². The van der Waals surface area contributed by atoms with E-state index in [0.717, 1.165) is 25.9 Å². The molecular weight excluding hydrogens is 244 g/mol. The highest BCUT2D eigenvalue weighted by Crippen LogP contribution is 2.21. The Bertz CT molecular complexity index is 480. The summed E-state index contributed by atoms with van der Waals surface area (Å²) in [6.45, 7) is 1.62. The predicted molar refractivity (Wildman–Crippen MR) is 71.9 cm³/mol. The third-order valence-electron chi connectivity index (χ3n) is 3.16. The number of rotatable bonds is 3. The summed E-state index contributed by atoms with van der Waals surface area (Å²) in [4.78, 5) is 17.8. The number of carbonyl (C=O) groups is 1. The first-order chi connectivity index (χ1) is 9.20. The van der Waals surface area contributed by atoms with Crippen LogP contribution in [0.3, 0.4) is 0 Å². The van der Waals surface area contributed by atoms with E-state index >= 15 is 0 Å². The van der Waals surface area contributed by atoms with Crippen molar-refractivity contribution in [3.05, 3.63) is 24.0 Å². The van der Waals surface area contributed by atoms with Gasteiger partial charge in [0.05, 0.1) is 13.3 Å². The zero-order valence-electron chi connectivity index (χ0n) is 11.0. The number of aromatic hydroxyl groups is 1. The number of piperidine rings is 1. The van der Waals surface area contributed by atoms with Crippen molar-refractivity contribution in [2.24, 2.45) is 0 Å². The molecule has 0 aromatic carbocycles. The molecule has 2 rings (SSSR count). The van der Waals surface area contributed by atoms with E-state index in [1.165, 1.54) is 37.9 Å². The minimum absolute atomic E-state index is 0.00189. The monoisotopic (exact) mass is 262 g/mol. The third-order valence-corrected chi connectivity index (χ3v) is 3.16. The Morgan fingerprint density at radius 2 is 2.16 bits per heavy atom. The molecule has 1 aliphatic heterocycles. The molecule has 0 saturated carbocycles. The van der Waals surface area contributed by atoms with Crippen LogP contribution >= 0.6 is 0 Å². The molecule has 0 radical (unpaired) electrons. The maximum absolute atomic E-state index is 11.9. The Morgan fingerprint density at radius 3 is 2.79 bits per heavy atom. The van der Waals surface area contributed by atoms with Gasteiger partial charge in [0, 0.05) is 25.2 Å². The number of amides is 1. The molecule has 1 aromatic heterocycles. The minimum atomic E-state index is -0.0308. The first-order valence-corrected chi connectivity index (χ1v) is 6.40. The third kappa shape index (κ3) is 3.47. The van der Waals surface area contributed by atoms with E-state index in [0.29, 0.717) is 11.4 Å². The first-order valence-electron chi connectivity index (χ1n) is 6.40. The summed E-state index contributed by atoms with van der Waals surface area (Å²) in [6.07, 6.45) is 7.81. The van der Waals surface area contributed by atoms with Crippen LogP contribution in [0.2, 0.25) is 0 Å². The van der Waals surface area contributed by atoms with Crippen molar-refractivity contribution in [1.82, 2.24) is 9.88 Å². The highest BCUT2D eigenvalue weighted by Gasteiger charge is 2.13. The molecule has 2 heterocycles. The highest BCUT2D eigenvalue weighted by atomic mass is 16.5. The van der Waals surface area contributed by atoms with Crippen LogP contribution in [0.15, 0.2) is 18.3 Å². The summed E-state index contributed by atoms with van der Waals surface area (Å²) in [6, 6.07) is 1.47. The number of ether oxygens (including phenoxy) is 1. The van der Waals surface area contributed by atoms with Gasteiger partial charge >= 0.3 is 0 Å². The SMILES string of the molecule is COc1cnc(/C=C/C(=O)N2CCCCC2)c(O)c1. The van der Waals surface area contributed by atoms with Gasteiger partial charge in [-0.1, -0.05) is 0 Å². The lowest BCUT2D eigenvalue weighted by atomic mass is 10.1. The molecule has 0 aliphatic carbocycles. The van der Waals surface area contributed by atoms with Crippen molar-refractivity contribution < 1.29 is 14.6 Å². The molecule has 1 N–H and O–H groups in total. The molecule has 19 heavy (non-hydrogen) atoms. The maximum Gasteiger partial charge on any atom is 0.246 e. The summed E-state index contributed by atoms with van der Waals surface area (Å²) >= 11 is 0. The maximum atomic E-state index is 11.9. The number of methoxy groups -OCH3 is 1. The first kappa shape index (κ1) is 13.4. The van der Waals surface area contributed by atoms with E-state index in [4.69, 9.17) is 4.74 Å². The number of hydrogen-bond donors (Lipinski definition) is 1. The lowest BCUT2D eigenvalue weighted by Crippen LogP contribution is -2.34. The van der Waals surface area contributed by atoms with Gasteiger partial charge in [-0.3, -0.25) is 4.79 Å². The van der Waals surface area contributed by atoms with Crippen molar-refractivity contribution in [2.75, 3.05) is 20.2 Å². The second-order valence-corrected chi connectivity index (χ2v) is 4.50. The largest absolute Gasteiger partial charge is 0.506 e. The Labute approximate surface area is 112 Å². The van der Waals surface area contributed by atoms with Gasteiger partial charge in [0.1, 0.15) is 17.2 Å². The van der Waals surface area contributed by atoms with Crippen molar-refractivity contribution in [3.8, 4) is 11.5 Å². The number of likely N-dealkylation sites (tertiary alicyclic amines) is 1. The quantitative estimate of drug-likeness (QED) is 0.844. The van der Waals surface area contributed by atoms with Crippen LogP contribution in [0.4, 0.5) is 0 Å². The Balaban J connectivity index is 2.03. The molecule has 1 aromatic rings. The summed E-state index contributed by atoms with van der Waals surface area (Å²) in [5.74, 6) is 0.454. The zero-order valence-corrected chi connectivity index (χ0v) is 11.0. The van der Waals surface area contributed by atoms with Gasteiger partial charge in [-0.15, -0.1) is 0 Å². The molecular formula is C14H18N2O3. The van der Waals surface area contributed by atoms with Crippen LogP contribution < -0.4 is 4.74 Å². The smallest absolute Gasteiger partial charge is 0.246 e. The van der Waals surface area contributed by atoms with Gasteiger partial charge in [0.25, 0.3) is 0 Å². The van der Waals surface area contributed by atoms with Crippen LogP contribution in [0, 0.1) is 0 Å². The molecule has 1 fully saturated rings. The van der Waals surface area contributed by atoms with Crippen LogP contribution in [0.5, 0.6) is 11.5 Å². The summed E-state index contributed by atoms with van der Waals surface area (Å²) in [5.41, 5.74) is 0.367. The van der Waals surface area contributed by atoms with Crippen molar-refractivity contribution >= 4 is 12.0 Å². The zero-order chi connectivity index (χ0) is 13.7. The fourth-order valence-electron chi connectivity index (χ4n) is 2.06. The van der Waals surface area contributed by atoms with Crippen molar-refractivity contribution in [3.63, 3.8) is 0 Å². The number of hydrogen-bond acceptors (Lipinski definition) is 4. The molecule has 5 heteroatoms. The fourth-order valence-corrected chi connectivity index (χ4v) is 2.06. The van der Waals surface area contributed by atoms with Gasteiger partial charge in [0.2, 0.25) is 5.91 Å². The number of carbonyl (C=O) groups excluding carboxylic acids is 1. The molecule has 102 valence electrons. The molecule has 0 spiro atoms. The predicted octanol–water partition coefficient (Wildman–Crippen LogP) is 1.82. The van der Waals surface area contributed by atoms with Crippen LogP contribution in [-0.2, 0) is 4.79 Å². The van der Waals surface area contributed by atoms with Gasteiger partial charge in [-0.2, -0.15) is 0 Å². The van der Waals surface area contributed by atoms with Crippen molar-refractivity contribution in [2.45, 2.75) is 19.3 Å². The lowest BCUT2D eigenvalue weighted by Gasteiger charge is -2.25. The summed E-state index contributed by atoms with van der Waals surface area (Å²) in [7, 11) is 1.51. The average molecular weight is 262 g/mol. The van der Waals surface area contributed by atoms with Crippen LogP contribution in [0.25, 0.3) is 6.08 Å². The van der Waals surface area contributed by atoms with Gasteiger partial charge in [0.15, 0.2) is 0 Å². The molecule has 1 saturated heterocycles. The average Bonchev–Trinajstić information content (AvgIpc) is 2.46. The van der Waals surface area contributed by atoms with Crippen molar-refractivity contribution in [1.29, 1.82) is 0 Å². The topological polar surface area (TPSA) is 62.7 Å². The van der Waals surface area contributed by atoms with E-state index in [9.17, 15) is 9.90 Å². The molecule has 1 aliphatic rings. The number of aromatic nitrogens is 1. The van der Waals surface area contributed by atoms with E-state index in [-0.39, 0.29) is 11.7 Å². The van der Waals surface area contributed by atoms with E-state index in [1.54, 1.807) is 0 Å². The second-order valence-electron chi connectivity index (χ2n) is 4.50. The number of pyridine rings is 1. The normalized spacial score (nSPS) is 15.7. The minimum Gasteiger partial charge on any atom is -0.506 e. The van der Waals surface area contributed by atoms with Crippen LogP contribution in [-0.4, -0.2) is 41.1 Å². The standard InChI is InChI=1S/C14H18N2O3/c1-19-11-9-13(17)12(15-10-11)5-6-14(18)16-7-3-2-4-8-16/h5-6,9-10,17H,2-4,7-8H2,1H3/b6-5+. The highest BCUT2D eigenvalue weighted by molar-refractivity contribution is 5.91.